The van der Waals surface area contributed by atoms with Crippen LogP contribution in [0.5, 0.6) is 0 Å². The van der Waals surface area contributed by atoms with Gasteiger partial charge >= 0.3 is 6.09 Å². The number of alkyl carbamates (subject to hydrolysis) is 1. The highest BCUT2D eigenvalue weighted by Gasteiger charge is 2.15. The van der Waals surface area contributed by atoms with Gasteiger partial charge in [0.1, 0.15) is 5.60 Å². The van der Waals surface area contributed by atoms with Gasteiger partial charge in [-0.25, -0.2) is 4.79 Å². The normalized spacial score (nSPS) is 12.8. The number of carbonyl (C=O) groups excluding carboxylic acids is 1. The van der Waals surface area contributed by atoms with E-state index in [1.54, 1.807) is 6.20 Å². The summed E-state index contributed by atoms with van der Waals surface area (Å²) in [5.41, 5.74) is 0.713. The lowest BCUT2D eigenvalue weighted by atomic mass is 10.1. The molecule has 1 unspecified atom stereocenters. The van der Waals surface area contributed by atoms with Crippen molar-refractivity contribution in [1.29, 1.82) is 0 Å². The van der Waals surface area contributed by atoms with Gasteiger partial charge in [0.25, 0.3) is 0 Å². The summed E-state index contributed by atoms with van der Waals surface area (Å²) in [4.78, 5) is 15.5. The third-order valence-electron chi connectivity index (χ3n) is 2.66. The van der Waals surface area contributed by atoms with Gasteiger partial charge in [0.2, 0.25) is 0 Å². The van der Waals surface area contributed by atoms with Crippen LogP contribution in [-0.2, 0) is 4.74 Å². The third kappa shape index (κ3) is 7.09. The van der Waals surface area contributed by atoms with Crippen molar-refractivity contribution < 1.29 is 9.53 Å². The molecule has 0 aliphatic carbocycles. The second kappa shape index (κ2) is 7.85. The van der Waals surface area contributed by atoms with Crippen LogP contribution >= 0.6 is 0 Å². The van der Waals surface area contributed by atoms with Gasteiger partial charge in [-0.1, -0.05) is 6.07 Å². The summed E-state index contributed by atoms with van der Waals surface area (Å²) in [7, 11) is 0. The number of aromatic nitrogens is 1. The van der Waals surface area contributed by atoms with E-state index in [2.05, 4.69) is 22.5 Å². The predicted molar refractivity (Wildman–Crippen MR) is 79.5 cm³/mol. The second-order valence-corrected chi connectivity index (χ2v) is 5.74. The third-order valence-corrected chi connectivity index (χ3v) is 2.66. The maximum atomic E-state index is 11.4. The molecule has 0 saturated carbocycles. The number of ether oxygens (including phenoxy) is 1. The van der Waals surface area contributed by atoms with Crippen LogP contribution in [0.25, 0.3) is 0 Å². The summed E-state index contributed by atoms with van der Waals surface area (Å²) in [6.45, 7) is 9.07. The summed E-state index contributed by atoms with van der Waals surface area (Å²) in [6.07, 6.45) is 4.11. The Balaban J connectivity index is 2.12. The highest BCUT2D eigenvalue weighted by atomic mass is 16.6. The molecule has 1 aromatic rings. The molecule has 112 valence electrons. The Morgan fingerprint density at radius 1 is 1.40 bits per heavy atom. The molecule has 1 atom stereocenters. The molecule has 0 aromatic carbocycles. The summed E-state index contributed by atoms with van der Waals surface area (Å²) >= 11 is 0. The zero-order valence-electron chi connectivity index (χ0n) is 12.8. The first-order valence-electron chi connectivity index (χ1n) is 6.98. The van der Waals surface area contributed by atoms with Crippen LogP contribution in [0.15, 0.2) is 24.5 Å². The lowest BCUT2D eigenvalue weighted by Crippen LogP contribution is -2.34. The molecule has 1 aromatic heterocycles. The maximum Gasteiger partial charge on any atom is 0.407 e. The van der Waals surface area contributed by atoms with E-state index in [0.717, 1.165) is 18.5 Å². The van der Waals surface area contributed by atoms with Crippen molar-refractivity contribution in [2.45, 2.75) is 45.8 Å². The monoisotopic (exact) mass is 279 g/mol. The Bertz CT molecular complexity index is 401. The van der Waals surface area contributed by atoms with Crippen molar-refractivity contribution in [1.82, 2.24) is 15.6 Å². The molecule has 20 heavy (non-hydrogen) atoms. The number of nitrogens with zero attached hydrogens (tertiary/aromatic N) is 1. The lowest BCUT2D eigenvalue weighted by molar-refractivity contribution is 0.0527. The van der Waals surface area contributed by atoms with E-state index in [1.807, 2.05) is 39.1 Å². The Morgan fingerprint density at radius 2 is 2.15 bits per heavy atom. The smallest absolute Gasteiger partial charge is 0.407 e. The molecule has 0 radical (unpaired) electrons. The number of carbonyl (C=O) groups is 1. The van der Waals surface area contributed by atoms with Crippen LogP contribution in [0.1, 0.15) is 45.7 Å². The van der Waals surface area contributed by atoms with Crippen LogP contribution in [0.2, 0.25) is 0 Å². The number of hydrogen-bond acceptors (Lipinski definition) is 4. The van der Waals surface area contributed by atoms with E-state index in [4.69, 9.17) is 4.74 Å². The van der Waals surface area contributed by atoms with E-state index in [0.29, 0.717) is 6.54 Å². The van der Waals surface area contributed by atoms with Gasteiger partial charge < -0.3 is 15.4 Å². The minimum atomic E-state index is -0.447. The molecule has 5 heteroatoms. The van der Waals surface area contributed by atoms with Crippen LogP contribution < -0.4 is 10.6 Å². The number of rotatable bonds is 6. The first kappa shape index (κ1) is 16.4. The molecule has 1 rings (SSSR count). The van der Waals surface area contributed by atoms with Gasteiger partial charge in [-0.3, -0.25) is 4.98 Å². The van der Waals surface area contributed by atoms with E-state index in [9.17, 15) is 4.79 Å². The first-order chi connectivity index (χ1) is 9.38. The van der Waals surface area contributed by atoms with Crippen molar-refractivity contribution in [3.8, 4) is 0 Å². The average Bonchev–Trinajstić information content (AvgIpc) is 2.37. The predicted octanol–water partition coefficient (Wildman–Crippen LogP) is 2.65. The van der Waals surface area contributed by atoms with Gasteiger partial charge in [0.15, 0.2) is 0 Å². The van der Waals surface area contributed by atoms with Gasteiger partial charge in [-0.05, 0) is 52.3 Å². The van der Waals surface area contributed by atoms with Crippen LogP contribution in [0.3, 0.4) is 0 Å². The molecule has 0 saturated heterocycles. The Hall–Kier alpha value is -1.62. The van der Waals surface area contributed by atoms with Gasteiger partial charge in [-0.15, -0.1) is 0 Å². The minimum absolute atomic E-state index is 0.255. The van der Waals surface area contributed by atoms with Crippen LogP contribution in [0, 0.1) is 0 Å². The number of nitrogens with one attached hydrogen (secondary N) is 2. The fraction of sp³-hybridized carbons (Fsp3) is 0.600. The molecule has 0 aliphatic heterocycles. The summed E-state index contributed by atoms with van der Waals surface area (Å²) < 4.78 is 5.16. The Labute approximate surface area is 121 Å². The highest BCUT2D eigenvalue weighted by molar-refractivity contribution is 5.67. The molecule has 0 aliphatic rings. The quantitative estimate of drug-likeness (QED) is 0.786. The SMILES string of the molecule is CC(NCCCNC(=O)OC(C)(C)C)c1cccnc1. The summed E-state index contributed by atoms with van der Waals surface area (Å²) in [5.74, 6) is 0. The van der Waals surface area contributed by atoms with Gasteiger partial charge in [0, 0.05) is 25.0 Å². The van der Waals surface area contributed by atoms with Crippen molar-refractivity contribution in [2.75, 3.05) is 13.1 Å². The molecule has 0 spiro atoms. The standard InChI is InChI=1S/C15H25N3O2/c1-12(13-7-5-8-16-11-13)17-9-6-10-18-14(19)20-15(2,3)4/h5,7-8,11-12,17H,6,9-10H2,1-4H3,(H,18,19). The van der Waals surface area contributed by atoms with Gasteiger partial charge in [-0.2, -0.15) is 0 Å². The first-order valence-corrected chi connectivity index (χ1v) is 6.98. The topological polar surface area (TPSA) is 63.2 Å². The van der Waals surface area contributed by atoms with E-state index >= 15 is 0 Å². The minimum Gasteiger partial charge on any atom is -0.444 e. The van der Waals surface area contributed by atoms with E-state index < -0.39 is 5.60 Å². The molecule has 0 bridgehead atoms. The molecule has 0 fully saturated rings. The van der Waals surface area contributed by atoms with Crippen molar-refractivity contribution in [3.05, 3.63) is 30.1 Å². The van der Waals surface area contributed by atoms with Crippen molar-refractivity contribution >= 4 is 6.09 Å². The molecule has 1 amide bonds. The molecular formula is C15H25N3O2. The molecule has 1 heterocycles. The molecule has 5 nitrogen and oxygen atoms in total. The number of amides is 1. The van der Waals surface area contributed by atoms with Crippen LogP contribution in [0.4, 0.5) is 4.79 Å². The van der Waals surface area contributed by atoms with E-state index in [-0.39, 0.29) is 12.1 Å². The van der Waals surface area contributed by atoms with Crippen molar-refractivity contribution in [3.63, 3.8) is 0 Å². The Kier molecular flexibility index (Phi) is 6.45. The number of pyridine rings is 1. The largest absolute Gasteiger partial charge is 0.444 e. The lowest BCUT2D eigenvalue weighted by Gasteiger charge is -2.19. The Morgan fingerprint density at radius 3 is 2.75 bits per heavy atom. The van der Waals surface area contributed by atoms with E-state index in [1.165, 1.54) is 0 Å². The fourth-order valence-corrected chi connectivity index (χ4v) is 1.66. The zero-order valence-corrected chi connectivity index (χ0v) is 12.8. The fourth-order valence-electron chi connectivity index (χ4n) is 1.66. The molecular weight excluding hydrogens is 254 g/mol. The summed E-state index contributed by atoms with van der Waals surface area (Å²) in [5, 5.41) is 6.13. The maximum absolute atomic E-state index is 11.4. The number of hydrogen-bond donors (Lipinski definition) is 2. The average molecular weight is 279 g/mol. The van der Waals surface area contributed by atoms with Crippen molar-refractivity contribution in [2.24, 2.45) is 0 Å². The summed E-state index contributed by atoms with van der Waals surface area (Å²) in [6, 6.07) is 4.23. The second-order valence-electron chi connectivity index (χ2n) is 5.74. The highest BCUT2D eigenvalue weighted by Crippen LogP contribution is 2.09. The zero-order chi connectivity index (χ0) is 15.0. The molecule has 2 N–H and O–H groups in total. The van der Waals surface area contributed by atoms with Crippen LogP contribution in [-0.4, -0.2) is 29.8 Å². The van der Waals surface area contributed by atoms with Gasteiger partial charge in [0.05, 0.1) is 0 Å².